The quantitative estimate of drug-likeness (QED) is 0.0564. The molecule has 3 aliphatic carbocycles. The summed E-state index contributed by atoms with van der Waals surface area (Å²) in [5, 5.41) is 25.9. The molecule has 13 aromatic rings. The predicted molar refractivity (Wildman–Crippen MR) is 394 cm³/mol. The number of hydrogen-bond donors (Lipinski definition) is 7. The Labute approximate surface area is 604 Å². The number of rotatable bonds is 13. The summed E-state index contributed by atoms with van der Waals surface area (Å²) in [7, 11) is 1.57. The molecule has 0 bridgehead atoms. The molecule has 0 radical (unpaired) electrons. The highest BCUT2D eigenvalue weighted by Crippen LogP contribution is 2.66. The molecule has 20 rings (SSSR count). The van der Waals surface area contributed by atoms with Crippen LogP contribution in [0.4, 0.5) is 36.3 Å². The van der Waals surface area contributed by atoms with E-state index in [0.29, 0.717) is 117 Å². The van der Waals surface area contributed by atoms with Gasteiger partial charge in [-0.1, -0.05) is 78.3 Å². The van der Waals surface area contributed by atoms with E-state index in [1.807, 2.05) is 85.8 Å². The summed E-state index contributed by atoms with van der Waals surface area (Å²) in [5.41, 5.74) is 32.5. The molecule has 7 aliphatic rings. The molecule has 9 atom stereocenters. The van der Waals surface area contributed by atoms with E-state index in [0.717, 1.165) is 132 Å². The van der Waals surface area contributed by atoms with Gasteiger partial charge in [0.05, 0.1) is 60.1 Å². The first-order chi connectivity index (χ1) is 51.2. The van der Waals surface area contributed by atoms with Gasteiger partial charge < -0.3 is 42.0 Å². The molecule has 1 amide bonds. The van der Waals surface area contributed by atoms with Gasteiger partial charge >= 0.3 is 0 Å². The number of fused-ring (bicyclic) bond motifs is 8. The minimum Gasteiger partial charge on any atom is -0.480 e. The maximum atomic E-state index is 14.7. The van der Waals surface area contributed by atoms with Crippen molar-refractivity contribution in [3.63, 3.8) is 0 Å². The van der Waals surface area contributed by atoms with Gasteiger partial charge in [-0.15, -0.1) is 0 Å². The number of methoxy groups -OCH3 is 1. The lowest BCUT2D eigenvalue weighted by Gasteiger charge is -2.26. The Morgan fingerprint density at radius 2 is 0.971 bits per heavy atom. The van der Waals surface area contributed by atoms with E-state index in [1.165, 1.54) is 18.2 Å². The van der Waals surface area contributed by atoms with Crippen molar-refractivity contribution in [3.8, 4) is 39.7 Å². The average molecular weight is 1430 g/mol. The van der Waals surface area contributed by atoms with Crippen LogP contribution >= 0.6 is 11.6 Å². The number of piperidine rings is 3. The molecule has 28 heteroatoms. The first-order valence-electron chi connectivity index (χ1n) is 35.3. The topological polar surface area (TPSA) is 328 Å². The van der Waals surface area contributed by atoms with Crippen molar-refractivity contribution in [2.75, 3.05) is 86.0 Å². The molecule has 8 aromatic heterocycles. The fourth-order valence-electron chi connectivity index (χ4n) is 18.3. The number of nitrogens with two attached hydrogens (primary N) is 3. The standard InChI is InChI=1S/C27H25FN8O.C26H24FN7O.C24H23ClFN7/c1-37-23-12-30-20-7-6-15(10-21(20)32-23)24-25-26(35-34-24)33-22(11-31-25)36-9-8-16-18(13-36)27(16,14-29)17-4-2-3-5-19(17)28;27-19-4-2-1-3-17(19)26(13-28)16-7-8-34(12-18(16)26)21-11-29-24-23(32-33-25(24)31-21)14-5-6-20-15(9-14)10-22(35)30-20;1-13-20(25)14(6-8-28-13)21-22-23(32-31-21)30-19(10-29-22)33-9-7-15-17(11-33)24(15,12-27)16-4-2-3-5-18(16)26/h2-7,10-12,16,18H,8-9,13-14,29H2,1H3,(H,33,34,35);1-6,9,11,16,18H,7-8,10,12-13,28H2,(H,30,35)(H,31,32,33);2-6,8,10,15,17H,7,9,11-12,27H2,1H3,(H,30,31,32)/t16-,18+,27-;16-,18+,26-;15-,17+,24-/m111/s1. The van der Waals surface area contributed by atoms with Gasteiger partial charge in [-0.2, -0.15) is 15.3 Å². The molecular weight excluding hydrogens is 1360 g/mol. The zero-order valence-corrected chi connectivity index (χ0v) is 58.0. The highest BCUT2D eigenvalue weighted by atomic mass is 35.5. The van der Waals surface area contributed by atoms with E-state index >= 15 is 0 Å². The van der Waals surface area contributed by atoms with Gasteiger partial charge in [-0.3, -0.25) is 25.1 Å². The number of benzene rings is 5. The van der Waals surface area contributed by atoms with Gasteiger partial charge in [-0.25, -0.2) is 53.0 Å². The molecule has 3 saturated heterocycles. The molecule has 105 heavy (non-hydrogen) atoms. The minimum atomic E-state index is -0.305. The van der Waals surface area contributed by atoms with Gasteiger partial charge in [0, 0.05) is 104 Å². The number of H-pyrrole nitrogens is 3. The highest BCUT2D eigenvalue weighted by molar-refractivity contribution is 6.34. The third-order valence-corrected chi connectivity index (χ3v) is 24.2. The van der Waals surface area contributed by atoms with E-state index in [-0.39, 0.29) is 51.4 Å². The number of carbonyl (C=O) groups excluding carboxylic acids is 1. The maximum absolute atomic E-state index is 14.7. The lowest BCUT2D eigenvalue weighted by molar-refractivity contribution is -0.115. The summed E-state index contributed by atoms with van der Waals surface area (Å²) in [5.74, 6) is 4.32. The van der Waals surface area contributed by atoms with Crippen molar-refractivity contribution in [2.24, 2.45) is 52.7 Å². The monoisotopic (exact) mass is 1430 g/mol. The van der Waals surface area contributed by atoms with Gasteiger partial charge in [0.15, 0.2) is 16.9 Å². The Balaban J connectivity index is 0.000000112. The number of anilines is 4. The number of carbonyl (C=O) groups is 1. The number of hydrogen-bond acceptors (Lipinski definition) is 20. The summed E-state index contributed by atoms with van der Waals surface area (Å²) >= 11 is 6.45. The molecule has 12 heterocycles. The number of aromatic nitrogens is 15. The maximum Gasteiger partial charge on any atom is 0.232 e. The number of nitrogens with one attached hydrogen (secondary N) is 4. The lowest BCUT2D eigenvalue weighted by Crippen LogP contribution is -2.32. The van der Waals surface area contributed by atoms with E-state index in [2.05, 4.69) is 70.5 Å². The van der Waals surface area contributed by atoms with Crippen LogP contribution in [0, 0.1) is 59.9 Å². The Hall–Kier alpha value is -11.1. The fourth-order valence-corrected chi connectivity index (χ4v) is 18.5. The van der Waals surface area contributed by atoms with Crippen LogP contribution in [0.2, 0.25) is 5.02 Å². The molecule has 0 spiro atoms. The summed E-state index contributed by atoms with van der Waals surface area (Å²) in [6.45, 7) is 7.95. The number of halogens is 4. The molecule has 5 aromatic carbocycles. The SMILES string of the molecule is COc1cnc2ccc(-c3n[nH]c4nc(N5CC[C@@H]6[C@H](C5)[C@@]6(CN)c5ccccc5F)cnc34)cc2n1.Cc1nccc(-c2n[nH]c3nc(N4CC[C@@H]5[C@H](C4)[C@@]5(CN)c4ccccc4F)cnc23)c1Cl.NC[C@]1(c2ccccc2F)[C@@H]2CCN(c3cnc4c(-c5ccc6c(c5)CC(=O)N6)n[nH]c4n3)C[C@@H]21. The van der Waals surface area contributed by atoms with Crippen molar-refractivity contribution < 1.29 is 22.7 Å². The van der Waals surface area contributed by atoms with Gasteiger partial charge in [0.2, 0.25) is 11.8 Å². The third kappa shape index (κ3) is 10.8. The molecule has 0 unspecified atom stereocenters. The second kappa shape index (κ2) is 25.6. The van der Waals surface area contributed by atoms with Crippen molar-refractivity contribution in [2.45, 2.75) is 48.9 Å². The highest BCUT2D eigenvalue weighted by Gasteiger charge is 2.68. The largest absolute Gasteiger partial charge is 0.480 e. The summed E-state index contributed by atoms with van der Waals surface area (Å²) < 4.78 is 49.2. The second-order valence-electron chi connectivity index (χ2n) is 28.5. The predicted octanol–water partition coefficient (Wildman–Crippen LogP) is 10.3. The minimum absolute atomic E-state index is 0.00144. The fraction of sp³-hybridized carbons (Fsp3) is 0.312. The molecular formula is C77H72ClF3N22O2. The number of pyridine rings is 1. The number of nitrogens with zero attached hydrogens (tertiary/aromatic N) is 15. The van der Waals surface area contributed by atoms with E-state index in [4.69, 9.17) is 58.5 Å². The lowest BCUT2D eigenvalue weighted by atomic mass is 9.91. The number of aromatic amines is 3. The van der Waals surface area contributed by atoms with Gasteiger partial charge in [0.1, 0.15) is 68.5 Å². The number of amides is 1. The Kier molecular flexibility index (Phi) is 16.1. The third-order valence-electron chi connectivity index (χ3n) is 23.7. The molecule has 6 fully saturated rings. The zero-order valence-electron chi connectivity index (χ0n) is 57.3. The van der Waals surface area contributed by atoms with E-state index < -0.39 is 0 Å². The van der Waals surface area contributed by atoms with Crippen LogP contribution in [0.15, 0.2) is 146 Å². The van der Waals surface area contributed by atoms with Crippen LogP contribution in [-0.4, -0.2) is 147 Å². The smallest absolute Gasteiger partial charge is 0.232 e. The average Bonchev–Trinajstić information content (AvgIpc) is 1.54. The summed E-state index contributed by atoms with van der Waals surface area (Å²) in [6.07, 6.45) is 11.8. The molecule has 24 nitrogen and oxygen atoms in total. The molecule has 4 aliphatic heterocycles. The van der Waals surface area contributed by atoms with Gasteiger partial charge in [-0.05, 0) is 132 Å². The Bertz CT molecular complexity index is 5600. The second-order valence-corrected chi connectivity index (χ2v) is 28.9. The summed E-state index contributed by atoms with van der Waals surface area (Å²) in [4.78, 5) is 60.0. The Morgan fingerprint density at radius 3 is 1.44 bits per heavy atom. The van der Waals surface area contributed by atoms with Crippen LogP contribution in [0.1, 0.15) is 47.2 Å². The van der Waals surface area contributed by atoms with Crippen LogP contribution < -0.4 is 42.0 Å². The van der Waals surface area contributed by atoms with Crippen molar-refractivity contribution >= 4 is 85.2 Å². The summed E-state index contributed by atoms with van der Waals surface area (Å²) in [6, 6.07) is 34.5. The van der Waals surface area contributed by atoms with Crippen LogP contribution in [-0.2, 0) is 27.5 Å². The van der Waals surface area contributed by atoms with E-state index in [9.17, 15) is 18.0 Å². The molecule has 3 saturated carbocycles. The molecule has 530 valence electrons. The van der Waals surface area contributed by atoms with E-state index in [1.54, 1.807) is 56.3 Å². The van der Waals surface area contributed by atoms with Crippen molar-refractivity contribution in [1.29, 1.82) is 0 Å². The zero-order chi connectivity index (χ0) is 71.6. The first kappa shape index (κ1) is 65.9. The van der Waals surface area contributed by atoms with Crippen molar-refractivity contribution in [1.82, 2.24) is 75.4 Å². The number of ether oxygens (including phenoxy) is 1. The normalized spacial score (nSPS) is 23.9. The Morgan fingerprint density at radius 1 is 0.524 bits per heavy atom. The number of aryl methyl sites for hydroxylation is 1. The molecule has 10 N–H and O–H groups in total. The van der Waals surface area contributed by atoms with Crippen molar-refractivity contribution in [3.05, 3.63) is 197 Å². The van der Waals surface area contributed by atoms with Gasteiger partial charge in [0.25, 0.3) is 0 Å². The van der Waals surface area contributed by atoms with Crippen LogP contribution in [0.5, 0.6) is 5.88 Å². The van der Waals surface area contributed by atoms with Crippen LogP contribution in [0.25, 0.3) is 78.3 Å². The first-order valence-corrected chi connectivity index (χ1v) is 35.7. The van der Waals surface area contributed by atoms with Crippen LogP contribution in [0.3, 0.4) is 0 Å².